The van der Waals surface area contributed by atoms with Crippen LogP contribution in [0.2, 0.25) is 0 Å². The molecule has 0 radical (unpaired) electrons. The Bertz CT molecular complexity index is 463. The second-order valence-electron chi connectivity index (χ2n) is 4.81. The van der Waals surface area contributed by atoms with Crippen molar-refractivity contribution >= 4 is 11.9 Å². The van der Waals surface area contributed by atoms with Crippen molar-refractivity contribution in [1.29, 1.82) is 0 Å². The summed E-state index contributed by atoms with van der Waals surface area (Å²) in [5, 5.41) is 13.1. The summed E-state index contributed by atoms with van der Waals surface area (Å²) in [7, 11) is 0. The van der Waals surface area contributed by atoms with E-state index >= 15 is 0 Å². The average Bonchev–Trinajstić information content (AvgIpc) is 3.03. The molecular weight excluding hydrogens is 246 g/mol. The number of carboxylic acids is 1. The van der Waals surface area contributed by atoms with Crippen LogP contribution in [0.5, 0.6) is 0 Å². The summed E-state index contributed by atoms with van der Waals surface area (Å²) in [6, 6.07) is 1.95. The molecule has 104 valence electrons. The lowest BCUT2D eigenvalue weighted by Gasteiger charge is -2.20. The lowest BCUT2D eigenvalue weighted by atomic mass is 10.2. The highest BCUT2D eigenvalue weighted by Gasteiger charge is 2.25. The number of aliphatic carboxylic acids is 1. The first-order chi connectivity index (χ1) is 9.13. The molecule has 0 spiro atoms. The molecule has 19 heavy (non-hydrogen) atoms. The predicted molar refractivity (Wildman–Crippen MR) is 68.9 cm³/mol. The number of amides is 1. The molecule has 1 aromatic rings. The van der Waals surface area contributed by atoms with Crippen molar-refractivity contribution in [2.75, 3.05) is 13.1 Å². The number of carboxylic acid groups (broad SMARTS) is 1. The first kappa shape index (κ1) is 13.6. The van der Waals surface area contributed by atoms with Crippen LogP contribution in [-0.2, 0) is 4.79 Å². The molecule has 1 N–H and O–H groups in total. The van der Waals surface area contributed by atoms with Gasteiger partial charge in [0.2, 0.25) is 0 Å². The Kier molecular flexibility index (Phi) is 4.19. The maximum atomic E-state index is 12.4. The number of aromatic nitrogens is 2. The van der Waals surface area contributed by atoms with Crippen LogP contribution in [0.15, 0.2) is 12.3 Å². The van der Waals surface area contributed by atoms with Gasteiger partial charge in [-0.05, 0) is 25.8 Å². The molecular formula is C13H19N3O3. The standard InChI is InChI=1S/C13H19N3O3/c1-2-15(9-12(17)18)13(19)11-7-8-14-16(11)10-5-3-4-6-10/h7-8,10H,2-6,9H2,1H3,(H,17,18). The summed E-state index contributed by atoms with van der Waals surface area (Å²) in [4.78, 5) is 24.4. The van der Waals surface area contributed by atoms with Crippen LogP contribution in [0.4, 0.5) is 0 Å². The normalized spacial score (nSPS) is 15.6. The zero-order valence-corrected chi connectivity index (χ0v) is 11.1. The zero-order valence-electron chi connectivity index (χ0n) is 11.1. The van der Waals surface area contributed by atoms with E-state index in [0.717, 1.165) is 25.7 Å². The van der Waals surface area contributed by atoms with Crippen molar-refractivity contribution in [1.82, 2.24) is 14.7 Å². The van der Waals surface area contributed by atoms with Gasteiger partial charge in [0.25, 0.3) is 5.91 Å². The van der Waals surface area contributed by atoms with Crippen molar-refractivity contribution in [2.24, 2.45) is 0 Å². The van der Waals surface area contributed by atoms with E-state index in [2.05, 4.69) is 5.10 Å². The van der Waals surface area contributed by atoms with Gasteiger partial charge in [0.15, 0.2) is 0 Å². The lowest BCUT2D eigenvalue weighted by molar-refractivity contribution is -0.137. The van der Waals surface area contributed by atoms with Gasteiger partial charge in [-0.2, -0.15) is 5.10 Å². The molecule has 0 bridgehead atoms. The van der Waals surface area contributed by atoms with Gasteiger partial charge in [0.05, 0.1) is 6.04 Å². The highest BCUT2D eigenvalue weighted by molar-refractivity contribution is 5.94. The van der Waals surface area contributed by atoms with E-state index in [-0.39, 0.29) is 18.5 Å². The molecule has 0 atom stereocenters. The van der Waals surface area contributed by atoms with Crippen LogP contribution in [0, 0.1) is 0 Å². The maximum absolute atomic E-state index is 12.4. The van der Waals surface area contributed by atoms with Crippen LogP contribution in [0.3, 0.4) is 0 Å². The first-order valence-corrected chi connectivity index (χ1v) is 6.68. The highest BCUT2D eigenvalue weighted by Crippen LogP contribution is 2.30. The number of carbonyl (C=O) groups is 2. The SMILES string of the molecule is CCN(CC(=O)O)C(=O)c1ccnn1C1CCCC1. The fourth-order valence-corrected chi connectivity index (χ4v) is 2.58. The van der Waals surface area contributed by atoms with Crippen LogP contribution in [-0.4, -0.2) is 44.8 Å². The summed E-state index contributed by atoms with van der Waals surface area (Å²) in [6.45, 7) is 1.88. The third-order valence-corrected chi connectivity index (χ3v) is 3.56. The summed E-state index contributed by atoms with van der Waals surface area (Å²) < 4.78 is 1.76. The van der Waals surface area contributed by atoms with Crippen molar-refractivity contribution in [3.05, 3.63) is 18.0 Å². The second kappa shape index (κ2) is 5.86. The van der Waals surface area contributed by atoms with Crippen LogP contribution in [0.25, 0.3) is 0 Å². The quantitative estimate of drug-likeness (QED) is 0.876. The molecule has 1 saturated carbocycles. The fraction of sp³-hybridized carbons (Fsp3) is 0.615. The summed E-state index contributed by atoms with van der Waals surface area (Å²) in [5.74, 6) is -1.25. The Balaban J connectivity index is 2.18. The van der Waals surface area contributed by atoms with Gasteiger partial charge in [0.1, 0.15) is 12.2 Å². The molecule has 0 saturated heterocycles. The number of hydrogen-bond acceptors (Lipinski definition) is 3. The van der Waals surface area contributed by atoms with Gasteiger partial charge >= 0.3 is 5.97 Å². The number of carbonyl (C=O) groups excluding carboxylic acids is 1. The van der Waals surface area contributed by atoms with E-state index in [4.69, 9.17) is 5.11 Å². The molecule has 0 aliphatic heterocycles. The minimum atomic E-state index is -0.998. The minimum Gasteiger partial charge on any atom is -0.480 e. The van der Waals surface area contributed by atoms with E-state index in [1.54, 1.807) is 23.9 Å². The van der Waals surface area contributed by atoms with Gasteiger partial charge in [0, 0.05) is 12.7 Å². The molecule has 0 aromatic carbocycles. The first-order valence-electron chi connectivity index (χ1n) is 6.68. The average molecular weight is 265 g/mol. The monoisotopic (exact) mass is 265 g/mol. The molecule has 1 aromatic heterocycles. The van der Waals surface area contributed by atoms with E-state index < -0.39 is 5.97 Å². The van der Waals surface area contributed by atoms with Gasteiger partial charge in [-0.15, -0.1) is 0 Å². The number of hydrogen-bond donors (Lipinski definition) is 1. The Morgan fingerprint density at radius 3 is 2.74 bits per heavy atom. The van der Waals surface area contributed by atoms with Crippen molar-refractivity contribution in [3.8, 4) is 0 Å². The topological polar surface area (TPSA) is 75.4 Å². The van der Waals surface area contributed by atoms with Crippen molar-refractivity contribution in [2.45, 2.75) is 38.6 Å². The molecule has 1 amide bonds. The third kappa shape index (κ3) is 2.94. The number of rotatable bonds is 5. The molecule has 1 fully saturated rings. The highest BCUT2D eigenvalue weighted by atomic mass is 16.4. The molecule has 1 heterocycles. The Morgan fingerprint density at radius 2 is 2.16 bits per heavy atom. The maximum Gasteiger partial charge on any atom is 0.323 e. The summed E-state index contributed by atoms with van der Waals surface area (Å²) in [5.41, 5.74) is 0.495. The minimum absolute atomic E-state index is 0.255. The Morgan fingerprint density at radius 1 is 1.47 bits per heavy atom. The Hall–Kier alpha value is -1.85. The molecule has 6 nitrogen and oxygen atoms in total. The third-order valence-electron chi connectivity index (χ3n) is 3.56. The molecule has 1 aliphatic carbocycles. The Labute approximate surface area is 112 Å². The van der Waals surface area contributed by atoms with Crippen molar-refractivity contribution < 1.29 is 14.7 Å². The van der Waals surface area contributed by atoms with E-state index in [9.17, 15) is 9.59 Å². The van der Waals surface area contributed by atoms with Gasteiger partial charge < -0.3 is 10.0 Å². The van der Waals surface area contributed by atoms with Gasteiger partial charge in [-0.25, -0.2) is 0 Å². The molecule has 2 rings (SSSR count). The smallest absolute Gasteiger partial charge is 0.323 e. The van der Waals surface area contributed by atoms with E-state index in [1.807, 2.05) is 0 Å². The van der Waals surface area contributed by atoms with Crippen LogP contribution in [0.1, 0.15) is 49.1 Å². The van der Waals surface area contributed by atoms with Crippen LogP contribution < -0.4 is 0 Å². The largest absolute Gasteiger partial charge is 0.480 e. The molecule has 6 heteroatoms. The molecule has 0 unspecified atom stereocenters. The van der Waals surface area contributed by atoms with Gasteiger partial charge in [-0.3, -0.25) is 14.3 Å². The number of likely N-dealkylation sites (N-methyl/N-ethyl adjacent to an activating group) is 1. The zero-order chi connectivity index (χ0) is 13.8. The fourth-order valence-electron chi connectivity index (χ4n) is 2.58. The van der Waals surface area contributed by atoms with Gasteiger partial charge in [-0.1, -0.05) is 12.8 Å². The lowest BCUT2D eigenvalue weighted by Crippen LogP contribution is -2.37. The van der Waals surface area contributed by atoms with Crippen LogP contribution >= 0.6 is 0 Å². The predicted octanol–water partition coefficient (Wildman–Crippen LogP) is 1.54. The molecule has 1 aliphatic rings. The number of nitrogens with zero attached hydrogens (tertiary/aromatic N) is 3. The summed E-state index contributed by atoms with van der Waals surface area (Å²) in [6.07, 6.45) is 6.00. The second-order valence-corrected chi connectivity index (χ2v) is 4.81. The van der Waals surface area contributed by atoms with E-state index in [1.165, 1.54) is 4.90 Å². The summed E-state index contributed by atoms with van der Waals surface area (Å²) >= 11 is 0. The van der Waals surface area contributed by atoms with E-state index in [0.29, 0.717) is 12.2 Å². The van der Waals surface area contributed by atoms with Crippen molar-refractivity contribution in [3.63, 3.8) is 0 Å².